The number of carbonyl (C=O) groups is 1. The van der Waals surface area contributed by atoms with Crippen molar-refractivity contribution < 1.29 is 14.3 Å². The fourth-order valence-corrected chi connectivity index (χ4v) is 3.00. The first-order valence-corrected chi connectivity index (χ1v) is 8.16. The van der Waals surface area contributed by atoms with E-state index in [1.165, 1.54) is 12.8 Å². The van der Waals surface area contributed by atoms with Crippen molar-refractivity contribution in [1.29, 1.82) is 0 Å². The molecule has 22 heavy (non-hydrogen) atoms. The summed E-state index contributed by atoms with van der Waals surface area (Å²) >= 11 is 6.16. The Labute approximate surface area is 134 Å². The van der Waals surface area contributed by atoms with Crippen LogP contribution in [0.2, 0.25) is 5.02 Å². The highest BCUT2D eigenvalue weighted by molar-refractivity contribution is 6.32. The lowest BCUT2D eigenvalue weighted by atomic mass is 10.2. The van der Waals surface area contributed by atoms with Gasteiger partial charge in [0, 0.05) is 18.7 Å². The molecule has 2 fully saturated rings. The Morgan fingerprint density at radius 3 is 2.82 bits per heavy atom. The van der Waals surface area contributed by atoms with E-state index in [-0.39, 0.29) is 12.7 Å². The third-order valence-electron chi connectivity index (χ3n) is 4.29. The summed E-state index contributed by atoms with van der Waals surface area (Å²) in [5, 5.41) is 0.513. The van der Waals surface area contributed by atoms with Crippen LogP contribution in [0.15, 0.2) is 18.2 Å². The van der Waals surface area contributed by atoms with Crippen molar-refractivity contribution in [2.24, 2.45) is 5.92 Å². The number of amides is 1. The van der Waals surface area contributed by atoms with Gasteiger partial charge in [0.1, 0.15) is 0 Å². The quantitative estimate of drug-likeness (QED) is 0.780. The van der Waals surface area contributed by atoms with E-state index < -0.39 is 0 Å². The minimum Gasteiger partial charge on any atom is -0.454 e. The Morgan fingerprint density at radius 1 is 1.27 bits per heavy atom. The summed E-state index contributed by atoms with van der Waals surface area (Å²) in [6.07, 6.45) is 8.26. The highest BCUT2D eigenvalue weighted by atomic mass is 35.5. The fourth-order valence-electron chi connectivity index (χ4n) is 2.73. The number of hydrogen-bond donors (Lipinski definition) is 0. The van der Waals surface area contributed by atoms with Crippen molar-refractivity contribution in [3.63, 3.8) is 0 Å². The van der Waals surface area contributed by atoms with E-state index in [0.717, 1.165) is 30.9 Å². The molecule has 0 spiro atoms. The average Bonchev–Trinajstić information content (AvgIpc) is 3.41. The highest BCUT2D eigenvalue weighted by Gasteiger charge is 2.35. The molecule has 0 atom stereocenters. The van der Waals surface area contributed by atoms with Gasteiger partial charge in [0.05, 0.1) is 5.02 Å². The molecule has 2 saturated carbocycles. The molecule has 1 amide bonds. The van der Waals surface area contributed by atoms with Gasteiger partial charge < -0.3 is 14.4 Å². The lowest BCUT2D eigenvalue weighted by molar-refractivity contribution is -0.126. The number of hydrogen-bond acceptors (Lipinski definition) is 3. The summed E-state index contributed by atoms with van der Waals surface area (Å²) < 4.78 is 10.6. The fraction of sp³-hybridized carbons (Fsp3) is 0.471. The maximum Gasteiger partial charge on any atom is 0.246 e. The van der Waals surface area contributed by atoms with E-state index in [0.29, 0.717) is 22.6 Å². The minimum atomic E-state index is 0.100. The summed E-state index contributed by atoms with van der Waals surface area (Å²) in [5.41, 5.74) is 0.852. The third-order valence-corrected chi connectivity index (χ3v) is 4.57. The van der Waals surface area contributed by atoms with E-state index in [1.54, 1.807) is 18.2 Å². The molecular formula is C17H18ClNO3. The second kappa shape index (κ2) is 5.51. The lowest BCUT2D eigenvalue weighted by Crippen LogP contribution is -2.33. The summed E-state index contributed by atoms with van der Waals surface area (Å²) in [4.78, 5) is 14.5. The van der Waals surface area contributed by atoms with E-state index in [1.807, 2.05) is 11.0 Å². The van der Waals surface area contributed by atoms with Crippen LogP contribution in [0.4, 0.5) is 0 Å². The second-order valence-corrected chi connectivity index (χ2v) is 6.64. The Balaban J connectivity index is 1.48. The van der Waals surface area contributed by atoms with Crippen LogP contribution in [0.25, 0.3) is 6.08 Å². The minimum absolute atomic E-state index is 0.100. The Kier molecular flexibility index (Phi) is 3.49. The SMILES string of the molecule is O=C(/C=C/c1cc(Cl)c2c(c1)OCO2)N(CC1CC1)C1CC1. The largest absolute Gasteiger partial charge is 0.454 e. The van der Waals surface area contributed by atoms with Gasteiger partial charge in [0.25, 0.3) is 0 Å². The summed E-state index contributed by atoms with van der Waals surface area (Å²) in [7, 11) is 0. The van der Waals surface area contributed by atoms with Gasteiger partial charge in [-0.1, -0.05) is 11.6 Å². The number of carbonyl (C=O) groups excluding carboxylic acids is 1. The molecule has 1 heterocycles. The zero-order chi connectivity index (χ0) is 15.1. The van der Waals surface area contributed by atoms with Crippen LogP contribution in [0, 0.1) is 5.92 Å². The predicted molar refractivity (Wildman–Crippen MR) is 84.1 cm³/mol. The predicted octanol–water partition coefficient (Wildman–Crippen LogP) is 3.48. The number of nitrogens with zero attached hydrogens (tertiary/aromatic N) is 1. The normalized spacial score (nSPS) is 19.7. The van der Waals surface area contributed by atoms with Crippen LogP contribution in [0.5, 0.6) is 11.5 Å². The smallest absolute Gasteiger partial charge is 0.246 e. The van der Waals surface area contributed by atoms with Crippen LogP contribution >= 0.6 is 11.6 Å². The molecule has 0 unspecified atom stereocenters. The summed E-state index contributed by atoms with van der Waals surface area (Å²) in [6.45, 7) is 1.10. The maximum absolute atomic E-state index is 12.4. The van der Waals surface area contributed by atoms with Crippen molar-refractivity contribution in [2.45, 2.75) is 31.7 Å². The molecule has 1 aliphatic heterocycles. The number of benzene rings is 1. The van der Waals surface area contributed by atoms with Gasteiger partial charge >= 0.3 is 0 Å². The molecule has 2 aliphatic carbocycles. The molecule has 0 bridgehead atoms. The van der Waals surface area contributed by atoms with E-state index in [4.69, 9.17) is 21.1 Å². The standard InChI is InChI=1S/C17H18ClNO3/c18-14-7-12(8-15-17(14)22-10-21-15)3-6-16(20)19(13-4-5-13)9-11-1-2-11/h3,6-8,11,13H,1-2,4-5,9-10H2/b6-3+. The molecule has 1 aromatic rings. The Bertz CT molecular complexity index is 635. The van der Waals surface area contributed by atoms with E-state index >= 15 is 0 Å². The zero-order valence-electron chi connectivity index (χ0n) is 12.3. The Hall–Kier alpha value is -1.68. The van der Waals surface area contributed by atoms with Gasteiger partial charge in [0.2, 0.25) is 12.7 Å². The summed E-state index contributed by atoms with van der Waals surface area (Å²) in [5.74, 6) is 2.04. The molecular weight excluding hydrogens is 302 g/mol. The molecule has 0 radical (unpaired) electrons. The highest BCUT2D eigenvalue weighted by Crippen LogP contribution is 2.40. The van der Waals surface area contributed by atoms with Crippen molar-refractivity contribution in [3.05, 3.63) is 28.8 Å². The number of rotatable bonds is 5. The molecule has 116 valence electrons. The average molecular weight is 320 g/mol. The molecule has 4 rings (SSSR count). The van der Waals surface area contributed by atoms with Crippen molar-refractivity contribution in [1.82, 2.24) is 4.90 Å². The number of ether oxygens (including phenoxy) is 2. The maximum atomic E-state index is 12.4. The topological polar surface area (TPSA) is 38.8 Å². The molecule has 0 N–H and O–H groups in total. The second-order valence-electron chi connectivity index (χ2n) is 6.23. The van der Waals surface area contributed by atoms with Gasteiger partial charge in [-0.25, -0.2) is 0 Å². The first kappa shape index (κ1) is 13.9. The van der Waals surface area contributed by atoms with Crippen LogP contribution in [0.3, 0.4) is 0 Å². The first-order chi connectivity index (χ1) is 10.7. The zero-order valence-corrected chi connectivity index (χ0v) is 13.0. The summed E-state index contributed by atoms with van der Waals surface area (Å²) in [6, 6.07) is 4.10. The van der Waals surface area contributed by atoms with Crippen LogP contribution in [0.1, 0.15) is 31.2 Å². The van der Waals surface area contributed by atoms with Gasteiger partial charge in [0.15, 0.2) is 11.5 Å². The molecule has 1 aromatic carbocycles. The van der Waals surface area contributed by atoms with Gasteiger partial charge in [-0.2, -0.15) is 0 Å². The van der Waals surface area contributed by atoms with Crippen LogP contribution in [-0.2, 0) is 4.79 Å². The first-order valence-electron chi connectivity index (χ1n) is 7.78. The van der Waals surface area contributed by atoms with Crippen molar-refractivity contribution in [3.8, 4) is 11.5 Å². The number of halogens is 1. The van der Waals surface area contributed by atoms with E-state index in [2.05, 4.69) is 0 Å². The van der Waals surface area contributed by atoms with Crippen LogP contribution < -0.4 is 9.47 Å². The third kappa shape index (κ3) is 2.93. The number of fused-ring (bicyclic) bond motifs is 1. The molecule has 0 aromatic heterocycles. The van der Waals surface area contributed by atoms with Gasteiger partial charge in [-0.3, -0.25) is 4.79 Å². The van der Waals surface area contributed by atoms with Gasteiger partial charge in [-0.05, 0) is 55.4 Å². The monoisotopic (exact) mass is 319 g/mol. The van der Waals surface area contributed by atoms with E-state index in [9.17, 15) is 4.79 Å². The molecule has 0 saturated heterocycles. The van der Waals surface area contributed by atoms with Crippen LogP contribution in [-0.4, -0.2) is 30.2 Å². The molecule has 3 aliphatic rings. The molecule has 5 heteroatoms. The lowest BCUT2D eigenvalue weighted by Gasteiger charge is -2.20. The Morgan fingerprint density at radius 2 is 2.09 bits per heavy atom. The van der Waals surface area contributed by atoms with Crippen molar-refractivity contribution in [2.75, 3.05) is 13.3 Å². The van der Waals surface area contributed by atoms with Gasteiger partial charge in [-0.15, -0.1) is 0 Å². The molecule has 4 nitrogen and oxygen atoms in total. The van der Waals surface area contributed by atoms with Crippen molar-refractivity contribution >= 4 is 23.6 Å².